The number of urea groups is 1. The summed E-state index contributed by atoms with van der Waals surface area (Å²) in [5.41, 5.74) is 1.99. The Morgan fingerprint density at radius 2 is 1.92 bits per heavy atom. The lowest BCUT2D eigenvalue weighted by Crippen LogP contribution is -2.45. The van der Waals surface area contributed by atoms with Crippen molar-refractivity contribution in [3.05, 3.63) is 58.6 Å². The minimum absolute atomic E-state index is 0.159. The van der Waals surface area contributed by atoms with Crippen molar-refractivity contribution in [2.24, 2.45) is 0 Å². The minimum atomic E-state index is -0.541. The maximum Gasteiger partial charge on any atom is 0.338 e. The zero-order valence-corrected chi connectivity index (χ0v) is 15.4. The van der Waals surface area contributed by atoms with Gasteiger partial charge < -0.3 is 20.1 Å². The molecule has 1 aromatic carbocycles. The molecule has 0 saturated carbocycles. The number of allylic oxidation sites excluding steroid dienone is 1. The van der Waals surface area contributed by atoms with Crippen LogP contribution in [0.25, 0.3) is 10.4 Å². The van der Waals surface area contributed by atoms with Gasteiger partial charge in [0.25, 0.3) is 0 Å². The summed E-state index contributed by atoms with van der Waals surface area (Å²) in [4.78, 5) is 26.4. The van der Waals surface area contributed by atoms with Crippen molar-refractivity contribution in [2.75, 3.05) is 20.3 Å². The van der Waals surface area contributed by atoms with Gasteiger partial charge in [-0.15, -0.1) is 11.3 Å². The van der Waals surface area contributed by atoms with Gasteiger partial charge >= 0.3 is 12.0 Å². The molecule has 1 aliphatic rings. The van der Waals surface area contributed by atoms with Crippen molar-refractivity contribution >= 4 is 23.3 Å². The van der Waals surface area contributed by atoms with Crippen molar-refractivity contribution in [2.45, 2.75) is 13.0 Å². The maximum absolute atomic E-state index is 12.5. The van der Waals surface area contributed by atoms with Gasteiger partial charge in [0.15, 0.2) is 0 Å². The first-order chi connectivity index (χ1) is 12.6. The molecule has 2 N–H and O–H groups in total. The van der Waals surface area contributed by atoms with Crippen molar-refractivity contribution in [3.8, 4) is 10.4 Å². The highest BCUT2D eigenvalue weighted by atomic mass is 32.1. The van der Waals surface area contributed by atoms with Crippen LogP contribution in [0.4, 0.5) is 4.79 Å². The lowest BCUT2D eigenvalue weighted by atomic mass is 10.0. The first-order valence-electron chi connectivity index (χ1n) is 8.19. The van der Waals surface area contributed by atoms with Gasteiger partial charge in [0, 0.05) is 22.6 Å². The zero-order valence-electron chi connectivity index (χ0n) is 14.6. The van der Waals surface area contributed by atoms with E-state index in [1.807, 2.05) is 42.5 Å². The summed E-state index contributed by atoms with van der Waals surface area (Å²) in [6.07, 6.45) is 0. The molecular formula is C19H20N2O4S. The molecule has 0 fully saturated rings. The fourth-order valence-corrected chi connectivity index (χ4v) is 3.81. The number of hydrogen-bond donors (Lipinski definition) is 2. The average molecular weight is 372 g/mol. The van der Waals surface area contributed by atoms with Crippen molar-refractivity contribution in [1.29, 1.82) is 0 Å². The van der Waals surface area contributed by atoms with E-state index in [1.165, 1.54) is 11.3 Å². The second-order valence-electron chi connectivity index (χ2n) is 5.77. The van der Waals surface area contributed by atoms with Crippen LogP contribution in [-0.2, 0) is 14.3 Å². The Labute approximate surface area is 155 Å². The monoisotopic (exact) mass is 372 g/mol. The third-order valence-electron chi connectivity index (χ3n) is 3.98. The Balaban J connectivity index is 1.88. The second-order valence-corrected chi connectivity index (χ2v) is 6.88. The molecule has 0 saturated heterocycles. The number of hydrogen-bond acceptors (Lipinski definition) is 5. The summed E-state index contributed by atoms with van der Waals surface area (Å²) < 4.78 is 10.2. The van der Waals surface area contributed by atoms with Crippen LogP contribution in [0, 0.1) is 0 Å². The molecule has 2 amide bonds. The molecule has 26 heavy (non-hydrogen) atoms. The van der Waals surface area contributed by atoms with Crippen LogP contribution >= 0.6 is 11.3 Å². The Morgan fingerprint density at radius 1 is 1.15 bits per heavy atom. The fourth-order valence-electron chi connectivity index (χ4n) is 2.74. The third kappa shape index (κ3) is 3.95. The number of amides is 2. The molecule has 2 heterocycles. The van der Waals surface area contributed by atoms with E-state index in [9.17, 15) is 9.59 Å². The van der Waals surface area contributed by atoms with E-state index >= 15 is 0 Å². The minimum Gasteiger partial charge on any atom is -0.460 e. The van der Waals surface area contributed by atoms with Gasteiger partial charge in [-0.25, -0.2) is 9.59 Å². The van der Waals surface area contributed by atoms with Crippen LogP contribution in [0.1, 0.15) is 17.8 Å². The lowest BCUT2D eigenvalue weighted by Gasteiger charge is -2.27. The number of nitrogens with one attached hydrogen (secondary N) is 2. The molecule has 136 valence electrons. The first kappa shape index (κ1) is 18.2. The Morgan fingerprint density at radius 3 is 2.65 bits per heavy atom. The standard InChI is InChI=1S/C19H20N2O4S/c1-12-16(18(22)25-11-10-24-2)17(21-19(23)20-12)15-9-8-14(26-15)13-6-4-3-5-7-13/h3-9,17H,10-11H2,1-2H3,(H2,20,21,23). The molecule has 1 aromatic heterocycles. The molecular weight excluding hydrogens is 352 g/mol. The van der Waals surface area contributed by atoms with Crippen LogP contribution in [0.15, 0.2) is 53.7 Å². The number of benzene rings is 1. The number of carbonyl (C=O) groups is 2. The van der Waals surface area contributed by atoms with E-state index in [0.29, 0.717) is 17.9 Å². The predicted octanol–water partition coefficient (Wildman–Crippen LogP) is 3.23. The topological polar surface area (TPSA) is 76.7 Å². The third-order valence-corrected chi connectivity index (χ3v) is 5.18. The van der Waals surface area contributed by atoms with Gasteiger partial charge in [-0.3, -0.25) is 0 Å². The summed E-state index contributed by atoms with van der Waals surface area (Å²) in [6.45, 7) is 2.18. The number of ether oxygens (including phenoxy) is 2. The molecule has 0 radical (unpaired) electrons. The highest BCUT2D eigenvalue weighted by molar-refractivity contribution is 7.15. The van der Waals surface area contributed by atoms with Crippen molar-refractivity contribution < 1.29 is 19.1 Å². The molecule has 7 heteroatoms. The SMILES string of the molecule is COCCOC(=O)C1=C(C)NC(=O)NC1c1ccc(-c2ccccc2)s1. The summed E-state index contributed by atoms with van der Waals surface area (Å²) >= 11 is 1.54. The Bertz CT molecular complexity index is 829. The van der Waals surface area contributed by atoms with Gasteiger partial charge in [-0.2, -0.15) is 0 Å². The maximum atomic E-state index is 12.5. The van der Waals surface area contributed by atoms with E-state index < -0.39 is 12.0 Å². The van der Waals surface area contributed by atoms with Crippen LogP contribution in [0.3, 0.4) is 0 Å². The van der Waals surface area contributed by atoms with Gasteiger partial charge in [0.05, 0.1) is 18.2 Å². The number of rotatable bonds is 6. The zero-order chi connectivity index (χ0) is 18.5. The fraction of sp³-hybridized carbons (Fsp3) is 0.263. The Hall–Kier alpha value is -2.64. The molecule has 1 aliphatic heterocycles. The molecule has 0 aliphatic carbocycles. The van der Waals surface area contributed by atoms with Crippen LogP contribution in [0.2, 0.25) is 0 Å². The highest BCUT2D eigenvalue weighted by Gasteiger charge is 2.33. The quantitative estimate of drug-likeness (QED) is 0.603. The average Bonchev–Trinajstić information content (AvgIpc) is 3.12. The van der Waals surface area contributed by atoms with E-state index in [1.54, 1.807) is 14.0 Å². The van der Waals surface area contributed by atoms with Gasteiger partial charge in [-0.05, 0) is 24.6 Å². The van der Waals surface area contributed by atoms with E-state index in [0.717, 1.165) is 15.3 Å². The molecule has 1 unspecified atom stereocenters. The molecule has 6 nitrogen and oxygen atoms in total. The normalized spacial score (nSPS) is 16.8. The van der Waals surface area contributed by atoms with Crippen LogP contribution in [0.5, 0.6) is 0 Å². The predicted molar refractivity (Wildman–Crippen MR) is 99.7 cm³/mol. The van der Waals surface area contributed by atoms with Crippen LogP contribution in [-0.4, -0.2) is 32.3 Å². The van der Waals surface area contributed by atoms with Crippen molar-refractivity contribution in [3.63, 3.8) is 0 Å². The number of esters is 1. The lowest BCUT2D eigenvalue weighted by molar-refractivity contribution is -0.140. The molecule has 1 atom stereocenters. The number of methoxy groups -OCH3 is 1. The van der Waals surface area contributed by atoms with Crippen molar-refractivity contribution in [1.82, 2.24) is 10.6 Å². The van der Waals surface area contributed by atoms with Gasteiger partial charge in [0.2, 0.25) is 0 Å². The second kappa shape index (κ2) is 8.16. The summed E-state index contributed by atoms with van der Waals surface area (Å²) in [5, 5.41) is 5.46. The number of thiophene rings is 1. The van der Waals surface area contributed by atoms with E-state index in [4.69, 9.17) is 9.47 Å². The summed E-state index contributed by atoms with van der Waals surface area (Å²) in [7, 11) is 1.54. The Kier molecular flexibility index (Phi) is 5.70. The summed E-state index contributed by atoms with van der Waals surface area (Å²) in [5.74, 6) is -0.466. The molecule has 0 bridgehead atoms. The van der Waals surface area contributed by atoms with Crippen LogP contribution < -0.4 is 10.6 Å². The smallest absolute Gasteiger partial charge is 0.338 e. The van der Waals surface area contributed by atoms with E-state index in [2.05, 4.69) is 10.6 Å². The molecule has 3 rings (SSSR count). The first-order valence-corrected chi connectivity index (χ1v) is 9.01. The highest BCUT2D eigenvalue weighted by Crippen LogP contribution is 2.36. The molecule has 2 aromatic rings. The van der Waals surface area contributed by atoms with Gasteiger partial charge in [-0.1, -0.05) is 30.3 Å². The van der Waals surface area contributed by atoms with Gasteiger partial charge in [0.1, 0.15) is 6.61 Å². The van der Waals surface area contributed by atoms with E-state index in [-0.39, 0.29) is 12.6 Å². The summed E-state index contributed by atoms with van der Waals surface area (Å²) in [6, 6.07) is 13.0. The number of carbonyl (C=O) groups excluding carboxylic acids is 2. The largest absolute Gasteiger partial charge is 0.460 e. The molecule has 0 spiro atoms.